The van der Waals surface area contributed by atoms with Crippen LogP contribution in [0.25, 0.3) is 10.8 Å². The van der Waals surface area contributed by atoms with E-state index < -0.39 is 0 Å². The van der Waals surface area contributed by atoms with Gasteiger partial charge in [0, 0.05) is 23.3 Å². The number of nitrogens with one attached hydrogen (secondary N) is 4. The maximum absolute atomic E-state index is 12.3. The van der Waals surface area contributed by atoms with Crippen molar-refractivity contribution in [1.82, 2.24) is 5.32 Å². The first-order valence-corrected chi connectivity index (χ1v) is 8.47. The third-order valence-corrected chi connectivity index (χ3v) is 3.85. The highest BCUT2D eigenvalue weighted by atomic mass is 16.2. The summed E-state index contributed by atoms with van der Waals surface area (Å²) in [6, 6.07) is 19.8. The monoisotopic (exact) mass is 360 g/mol. The average Bonchev–Trinajstić information content (AvgIpc) is 2.68. The number of amides is 4. The Hall–Kier alpha value is -3.80. The van der Waals surface area contributed by atoms with Crippen LogP contribution in [0, 0.1) is 0 Å². The van der Waals surface area contributed by atoms with Crippen LogP contribution < -0.4 is 21.3 Å². The second-order valence-corrected chi connectivity index (χ2v) is 5.81. The van der Waals surface area contributed by atoms with Gasteiger partial charge in [0.05, 0.1) is 5.69 Å². The van der Waals surface area contributed by atoms with Crippen LogP contribution in [0.5, 0.6) is 0 Å². The van der Waals surface area contributed by atoms with E-state index in [2.05, 4.69) is 27.8 Å². The van der Waals surface area contributed by atoms with Crippen molar-refractivity contribution in [2.45, 2.75) is 0 Å². The van der Waals surface area contributed by atoms with Crippen LogP contribution in [0.15, 0.2) is 79.4 Å². The van der Waals surface area contributed by atoms with Gasteiger partial charge in [-0.2, -0.15) is 0 Å². The fourth-order valence-corrected chi connectivity index (χ4v) is 2.60. The number of hydrogen-bond acceptors (Lipinski definition) is 2. The van der Waals surface area contributed by atoms with Crippen LogP contribution in [-0.2, 0) is 0 Å². The molecule has 27 heavy (non-hydrogen) atoms. The lowest BCUT2D eigenvalue weighted by Gasteiger charge is -2.11. The van der Waals surface area contributed by atoms with Gasteiger partial charge in [-0.15, -0.1) is 6.58 Å². The minimum absolute atomic E-state index is 0.315. The number of fused-ring (bicyclic) bond motifs is 1. The Morgan fingerprint density at radius 1 is 0.778 bits per heavy atom. The summed E-state index contributed by atoms with van der Waals surface area (Å²) in [5.74, 6) is 0. The van der Waals surface area contributed by atoms with Crippen molar-refractivity contribution in [2.75, 3.05) is 22.5 Å². The molecule has 3 aromatic rings. The van der Waals surface area contributed by atoms with E-state index in [1.807, 2.05) is 42.5 Å². The molecule has 0 aliphatic rings. The number of carbonyl (C=O) groups excluding carboxylic acids is 2. The van der Waals surface area contributed by atoms with E-state index in [1.54, 1.807) is 30.3 Å². The minimum atomic E-state index is -0.337. The van der Waals surface area contributed by atoms with Gasteiger partial charge in [-0.1, -0.05) is 42.5 Å². The molecule has 0 bridgehead atoms. The Labute approximate surface area is 157 Å². The molecule has 0 spiro atoms. The van der Waals surface area contributed by atoms with E-state index in [0.717, 1.165) is 16.5 Å². The normalized spacial score (nSPS) is 10.1. The van der Waals surface area contributed by atoms with E-state index in [9.17, 15) is 9.59 Å². The van der Waals surface area contributed by atoms with Crippen molar-refractivity contribution in [1.29, 1.82) is 0 Å². The molecule has 0 aliphatic heterocycles. The molecule has 0 saturated heterocycles. The van der Waals surface area contributed by atoms with Crippen molar-refractivity contribution < 1.29 is 9.59 Å². The summed E-state index contributed by atoms with van der Waals surface area (Å²) < 4.78 is 0. The molecular weight excluding hydrogens is 340 g/mol. The van der Waals surface area contributed by atoms with E-state index >= 15 is 0 Å². The largest absolute Gasteiger partial charge is 0.334 e. The number of anilines is 3. The van der Waals surface area contributed by atoms with Gasteiger partial charge in [0.2, 0.25) is 0 Å². The Morgan fingerprint density at radius 2 is 1.41 bits per heavy atom. The van der Waals surface area contributed by atoms with Gasteiger partial charge >= 0.3 is 12.1 Å². The predicted octanol–water partition coefficient (Wildman–Crippen LogP) is 4.79. The second-order valence-electron chi connectivity index (χ2n) is 5.81. The molecule has 3 rings (SSSR count). The first-order chi connectivity index (χ1) is 13.2. The number of urea groups is 2. The van der Waals surface area contributed by atoms with Gasteiger partial charge < -0.3 is 21.3 Å². The summed E-state index contributed by atoms with van der Waals surface area (Å²) >= 11 is 0. The molecule has 0 radical (unpaired) electrons. The second kappa shape index (κ2) is 8.53. The first kappa shape index (κ1) is 18.0. The molecule has 0 unspecified atom stereocenters. The first-order valence-electron chi connectivity index (χ1n) is 8.47. The Kier molecular flexibility index (Phi) is 5.69. The number of hydrogen-bond donors (Lipinski definition) is 4. The average molecular weight is 360 g/mol. The SMILES string of the molecule is C=CCNC(=O)Nc1ccc(NC(=O)Nc2cccc3ccccc23)cc1. The van der Waals surface area contributed by atoms with Crippen molar-refractivity contribution in [2.24, 2.45) is 0 Å². The summed E-state index contributed by atoms with van der Waals surface area (Å²) in [4.78, 5) is 23.9. The van der Waals surface area contributed by atoms with Crippen molar-refractivity contribution >= 4 is 39.9 Å². The van der Waals surface area contributed by atoms with Crippen LogP contribution >= 0.6 is 0 Å². The number of benzene rings is 3. The van der Waals surface area contributed by atoms with E-state index in [1.165, 1.54) is 0 Å². The molecule has 0 fully saturated rings. The van der Waals surface area contributed by atoms with Gasteiger partial charge in [-0.3, -0.25) is 0 Å². The molecule has 4 N–H and O–H groups in total. The molecule has 3 aromatic carbocycles. The molecule has 4 amide bonds. The Balaban J connectivity index is 1.61. The quantitative estimate of drug-likeness (QED) is 0.493. The van der Waals surface area contributed by atoms with E-state index in [4.69, 9.17) is 0 Å². The zero-order valence-electron chi connectivity index (χ0n) is 14.7. The molecule has 0 atom stereocenters. The fourth-order valence-electron chi connectivity index (χ4n) is 2.60. The molecule has 0 heterocycles. The third-order valence-electron chi connectivity index (χ3n) is 3.85. The lowest BCUT2D eigenvalue weighted by molar-refractivity contribution is 0.253. The van der Waals surface area contributed by atoms with Crippen LogP contribution in [0.3, 0.4) is 0 Å². The number of carbonyl (C=O) groups is 2. The zero-order chi connectivity index (χ0) is 19.1. The summed E-state index contributed by atoms with van der Waals surface area (Å²) in [7, 11) is 0. The van der Waals surface area contributed by atoms with Crippen molar-refractivity contribution in [3.8, 4) is 0 Å². The highest BCUT2D eigenvalue weighted by Crippen LogP contribution is 2.23. The van der Waals surface area contributed by atoms with Gasteiger partial charge in [0.25, 0.3) is 0 Å². The van der Waals surface area contributed by atoms with Crippen LogP contribution in [0.2, 0.25) is 0 Å². The summed E-state index contributed by atoms with van der Waals surface area (Å²) in [6.07, 6.45) is 1.60. The topological polar surface area (TPSA) is 82.3 Å². The molecule has 136 valence electrons. The van der Waals surface area contributed by atoms with Gasteiger partial charge in [-0.25, -0.2) is 9.59 Å². The van der Waals surface area contributed by atoms with Crippen LogP contribution in [0.1, 0.15) is 0 Å². The van der Waals surface area contributed by atoms with E-state index in [-0.39, 0.29) is 12.1 Å². The molecule has 0 aliphatic carbocycles. The highest BCUT2D eigenvalue weighted by molar-refractivity contribution is 6.06. The Morgan fingerprint density at radius 3 is 2.11 bits per heavy atom. The highest BCUT2D eigenvalue weighted by Gasteiger charge is 2.06. The van der Waals surface area contributed by atoms with Crippen LogP contribution in [0.4, 0.5) is 26.7 Å². The zero-order valence-corrected chi connectivity index (χ0v) is 14.7. The lowest BCUT2D eigenvalue weighted by atomic mass is 10.1. The van der Waals surface area contributed by atoms with Gasteiger partial charge in [0.15, 0.2) is 0 Å². The van der Waals surface area contributed by atoms with Crippen molar-refractivity contribution in [3.05, 3.63) is 79.4 Å². The molecule has 6 nitrogen and oxygen atoms in total. The third kappa shape index (κ3) is 4.85. The van der Waals surface area contributed by atoms with Gasteiger partial charge in [-0.05, 0) is 35.7 Å². The maximum atomic E-state index is 12.3. The lowest BCUT2D eigenvalue weighted by Crippen LogP contribution is -2.28. The number of rotatable bonds is 5. The van der Waals surface area contributed by atoms with E-state index in [0.29, 0.717) is 17.9 Å². The minimum Gasteiger partial charge on any atom is -0.334 e. The standard InChI is InChI=1S/C21H20N4O2/c1-2-14-22-20(26)23-16-10-12-17(13-11-16)24-21(27)25-19-9-5-7-15-6-3-4-8-18(15)19/h2-13H,1,14H2,(H2,22,23,26)(H2,24,25,27). The van der Waals surface area contributed by atoms with Crippen molar-refractivity contribution in [3.63, 3.8) is 0 Å². The summed E-state index contributed by atoms with van der Waals surface area (Å²) in [6.45, 7) is 3.93. The molecular formula is C21H20N4O2. The fraction of sp³-hybridized carbons (Fsp3) is 0.0476. The Bertz CT molecular complexity index is 962. The smallest absolute Gasteiger partial charge is 0.323 e. The predicted molar refractivity (Wildman–Crippen MR) is 110 cm³/mol. The molecule has 0 aromatic heterocycles. The molecule has 0 saturated carbocycles. The van der Waals surface area contributed by atoms with Crippen LogP contribution in [-0.4, -0.2) is 18.6 Å². The molecule has 6 heteroatoms. The summed E-state index contributed by atoms with van der Waals surface area (Å²) in [5.41, 5.74) is 1.98. The summed E-state index contributed by atoms with van der Waals surface area (Å²) in [5, 5.41) is 13.0. The van der Waals surface area contributed by atoms with Gasteiger partial charge in [0.1, 0.15) is 0 Å². The maximum Gasteiger partial charge on any atom is 0.323 e.